The van der Waals surface area contributed by atoms with Gasteiger partial charge in [-0.05, 0) is 18.2 Å². The Morgan fingerprint density at radius 2 is 1.88 bits per heavy atom. The summed E-state index contributed by atoms with van der Waals surface area (Å²) < 4.78 is 61.6. The van der Waals surface area contributed by atoms with Gasteiger partial charge in [-0.2, -0.15) is 13.2 Å². The highest BCUT2D eigenvalue weighted by molar-refractivity contribution is 7.90. The zero-order valence-electron chi connectivity index (χ0n) is 12.6. The molecule has 3 aromatic rings. The van der Waals surface area contributed by atoms with Gasteiger partial charge in [-0.3, -0.25) is 0 Å². The van der Waals surface area contributed by atoms with Crippen LogP contribution in [0.2, 0.25) is 0 Å². The second-order valence-corrected chi connectivity index (χ2v) is 6.99. The third-order valence-electron chi connectivity index (χ3n) is 3.14. The summed E-state index contributed by atoms with van der Waals surface area (Å²) in [4.78, 5) is 15.5. The summed E-state index contributed by atoms with van der Waals surface area (Å²) in [6.07, 6.45) is -1.17. The fourth-order valence-electron chi connectivity index (χ4n) is 2.02. The van der Waals surface area contributed by atoms with Gasteiger partial charge < -0.3 is 5.32 Å². The molecule has 1 aromatic carbocycles. The predicted molar refractivity (Wildman–Crippen MR) is 83.0 cm³/mol. The van der Waals surface area contributed by atoms with E-state index in [-0.39, 0.29) is 22.5 Å². The molecule has 1 N–H and O–H groups in total. The number of rotatable bonds is 3. The topological polar surface area (TPSA) is 97.7 Å². The van der Waals surface area contributed by atoms with Crippen molar-refractivity contribution in [3.05, 3.63) is 42.4 Å². The van der Waals surface area contributed by atoms with E-state index in [9.17, 15) is 21.6 Å². The van der Waals surface area contributed by atoms with Gasteiger partial charge in [0, 0.05) is 11.9 Å². The predicted octanol–water partition coefficient (Wildman–Crippen LogP) is 2.59. The number of halogens is 3. The van der Waals surface area contributed by atoms with Crippen LogP contribution in [0.1, 0.15) is 5.56 Å². The molecular formula is C14H10F3N5O2S. The van der Waals surface area contributed by atoms with E-state index in [1.54, 1.807) is 0 Å². The lowest BCUT2D eigenvalue weighted by atomic mass is 10.2. The van der Waals surface area contributed by atoms with E-state index in [1.807, 2.05) is 0 Å². The lowest BCUT2D eigenvalue weighted by Crippen LogP contribution is -2.07. The number of aromatic nitrogens is 4. The van der Waals surface area contributed by atoms with Crippen molar-refractivity contribution in [2.24, 2.45) is 0 Å². The average Bonchev–Trinajstić information content (AvgIpc) is 2.53. The van der Waals surface area contributed by atoms with Crippen molar-refractivity contribution in [2.45, 2.75) is 11.3 Å². The van der Waals surface area contributed by atoms with E-state index in [1.165, 1.54) is 24.7 Å². The van der Waals surface area contributed by atoms with Crippen LogP contribution in [-0.2, 0) is 16.0 Å². The Bertz CT molecular complexity index is 1050. The van der Waals surface area contributed by atoms with Crippen LogP contribution >= 0.6 is 0 Å². The maximum absolute atomic E-state index is 12.8. The van der Waals surface area contributed by atoms with Gasteiger partial charge >= 0.3 is 6.18 Å². The Kier molecular flexibility index (Phi) is 4.03. The summed E-state index contributed by atoms with van der Waals surface area (Å²) in [5.41, 5.74) is -0.385. The number of hydrogen-bond acceptors (Lipinski definition) is 7. The van der Waals surface area contributed by atoms with Gasteiger partial charge in [-0.1, -0.05) is 6.07 Å². The van der Waals surface area contributed by atoms with Crippen molar-refractivity contribution < 1.29 is 21.6 Å². The molecule has 0 spiro atoms. The minimum absolute atomic E-state index is 0.0663. The molecule has 11 heteroatoms. The van der Waals surface area contributed by atoms with Crippen molar-refractivity contribution in [2.75, 3.05) is 11.6 Å². The minimum atomic E-state index is -4.49. The summed E-state index contributed by atoms with van der Waals surface area (Å²) in [5, 5.41) is 2.27. The first-order chi connectivity index (χ1) is 11.6. The van der Waals surface area contributed by atoms with E-state index in [0.717, 1.165) is 18.4 Å². The third-order valence-corrected chi connectivity index (χ3v) is 4.00. The first-order valence-corrected chi connectivity index (χ1v) is 8.66. The standard InChI is InChI=1S/C14H10F3N5O2S/c1-25(23,24)13-18-6-10-11(22-13)12(20-7-19-10)21-9-4-2-3-8(5-9)14(15,16)17/h2-7H,1H3,(H,19,20,21). The van der Waals surface area contributed by atoms with E-state index in [4.69, 9.17) is 0 Å². The molecule has 0 atom stereocenters. The molecule has 0 fully saturated rings. The van der Waals surface area contributed by atoms with Gasteiger partial charge in [0.25, 0.3) is 0 Å². The molecule has 0 amide bonds. The number of anilines is 2. The van der Waals surface area contributed by atoms with Gasteiger partial charge in [0.2, 0.25) is 15.0 Å². The molecule has 0 unspecified atom stereocenters. The monoisotopic (exact) mass is 369 g/mol. The van der Waals surface area contributed by atoms with Crippen molar-refractivity contribution >= 4 is 32.4 Å². The zero-order chi connectivity index (χ0) is 18.2. The lowest BCUT2D eigenvalue weighted by molar-refractivity contribution is -0.137. The van der Waals surface area contributed by atoms with Crippen LogP contribution in [0.15, 0.2) is 41.9 Å². The number of alkyl halides is 3. The quantitative estimate of drug-likeness (QED) is 0.709. The van der Waals surface area contributed by atoms with Crippen LogP contribution < -0.4 is 5.32 Å². The zero-order valence-corrected chi connectivity index (χ0v) is 13.4. The molecule has 0 bridgehead atoms. The van der Waals surface area contributed by atoms with Crippen LogP contribution in [0, 0.1) is 0 Å². The highest BCUT2D eigenvalue weighted by Gasteiger charge is 2.30. The lowest BCUT2D eigenvalue weighted by Gasteiger charge is -2.11. The highest BCUT2D eigenvalue weighted by atomic mass is 32.2. The summed E-state index contributed by atoms with van der Waals surface area (Å²) in [6, 6.07) is 4.51. The van der Waals surface area contributed by atoms with Crippen LogP contribution in [0.5, 0.6) is 0 Å². The number of benzene rings is 1. The summed E-state index contributed by atoms with van der Waals surface area (Å²) >= 11 is 0. The fourth-order valence-corrected chi connectivity index (χ4v) is 2.52. The van der Waals surface area contributed by atoms with Crippen molar-refractivity contribution in [3.8, 4) is 0 Å². The third kappa shape index (κ3) is 3.65. The Morgan fingerprint density at radius 3 is 2.56 bits per heavy atom. The summed E-state index contributed by atoms with van der Waals surface area (Å²) in [7, 11) is -3.66. The molecular weight excluding hydrogens is 359 g/mol. The van der Waals surface area contributed by atoms with E-state index >= 15 is 0 Å². The van der Waals surface area contributed by atoms with Crippen molar-refractivity contribution in [3.63, 3.8) is 0 Å². The molecule has 2 heterocycles. The Hall–Kier alpha value is -2.82. The molecule has 0 aliphatic rings. The summed E-state index contributed by atoms with van der Waals surface area (Å²) in [5.74, 6) is 0.0663. The van der Waals surface area contributed by atoms with Gasteiger partial charge in [-0.25, -0.2) is 28.4 Å². The molecule has 0 saturated carbocycles. The highest BCUT2D eigenvalue weighted by Crippen LogP contribution is 2.31. The van der Waals surface area contributed by atoms with E-state index in [2.05, 4.69) is 25.3 Å². The molecule has 0 saturated heterocycles. The Balaban J connectivity index is 2.07. The molecule has 0 aliphatic carbocycles. The van der Waals surface area contributed by atoms with Crippen molar-refractivity contribution in [1.29, 1.82) is 0 Å². The van der Waals surface area contributed by atoms with Crippen LogP contribution in [-0.4, -0.2) is 34.6 Å². The molecule has 3 rings (SSSR count). The fraction of sp³-hybridized carbons (Fsp3) is 0.143. The number of nitrogens with zero attached hydrogens (tertiary/aromatic N) is 4. The maximum atomic E-state index is 12.8. The normalized spacial score (nSPS) is 12.3. The Morgan fingerprint density at radius 1 is 1.12 bits per heavy atom. The minimum Gasteiger partial charge on any atom is -0.338 e. The average molecular weight is 369 g/mol. The Labute approximate surface area is 139 Å². The summed E-state index contributed by atoms with van der Waals surface area (Å²) in [6.45, 7) is 0. The molecule has 0 radical (unpaired) electrons. The molecule has 130 valence electrons. The van der Waals surface area contributed by atoms with E-state index < -0.39 is 26.7 Å². The molecule has 7 nitrogen and oxygen atoms in total. The second kappa shape index (κ2) is 5.92. The van der Waals surface area contributed by atoms with Gasteiger partial charge in [0.1, 0.15) is 17.4 Å². The number of hydrogen-bond donors (Lipinski definition) is 1. The van der Waals surface area contributed by atoms with Crippen LogP contribution in [0.3, 0.4) is 0 Å². The van der Waals surface area contributed by atoms with Gasteiger partial charge in [0.05, 0.1) is 11.8 Å². The largest absolute Gasteiger partial charge is 0.416 e. The SMILES string of the molecule is CS(=O)(=O)c1ncc2ncnc(Nc3cccc(C(F)(F)F)c3)c2n1. The number of fused-ring (bicyclic) bond motifs is 1. The van der Waals surface area contributed by atoms with Crippen molar-refractivity contribution in [1.82, 2.24) is 19.9 Å². The van der Waals surface area contributed by atoms with Gasteiger partial charge in [-0.15, -0.1) is 0 Å². The first kappa shape index (κ1) is 17.0. The molecule has 25 heavy (non-hydrogen) atoms. The molecule has 2 aromatic heterocycles. The van der Waals surface area contributed by atoms with Gasteiger partial charge in [0.15, 0.2) is 5.82 Å². The second-order valence-electron chi connectivity index (χ2n) is 5.08. The van der Waals surface area contributed by atoms with Crippen LogP contribution in [0.4, 0.5) is 24.7 Å². The smallest absolute Gasteiger partial charge is 0.338 e. The van der Waals surface area contributed by atoms with E-state index in [0.29, 0.717) is 0 Å². The number of nitrogens with one attached hydrogen (secondary N) is 1. The molecule has 0 aliphatic heterocycles. The maximum Gasteiger partial charge on any atom is 0.416 e. The van der Waals surface area contributed by atoms with Crippen LogP contribution in [0.25, 0.3) is 11.0 Å². The first-order valence-electron chi connectivity index (χ1n) is 6.77. The number of sulfone groups is 1.